The zero-order chi connectivity index (χ0) is 9.00. The van der Waals surface area contributed by atoms with E-state index in [0.717, 1.165) is 0 Å². The molecule has 0 saturated heterocycles. The van der Waals surface area contributed by atoms with Crippen LogP contribution in [0.25, 0.3) is 0 Å². The van der Waals surface area contributed by atoms with Gasteiger partial charge in [0.1, 0.15) is 0 Å². The fraction of sp³-hybridized carbons (Fsp3) is 1.00. The number of hydrogen-bond donors (Lipinski definition) is 0. The van der Waals surface area contributed by atoms with E-state index in [1.807, 2.05) is 0 Å². The Balaban J connectivity index is -0.000000107. The molecule has 0 atom stereocenters. The van der Waals surface area contributed by atoms with Crippen molar-refractivity contribution in [1.82, 2.24) is 0 Å². The third kappa shape index (κ3) is 4720. The van der Waals surface area contributed by atoms with Gasteiger partial charge in [0, 0.05) is 20.5 Å². The van der Waals surface area contributed by atoms with E-state index in [-0.39, 0.29) is 5.48 Å². The van der Waals surface area contributed by atoms with Crippen molar-refractivity contribution in [3.8, 4) is 0 Å². The summed E-state index contributed by atoms with van der Waals surface area (Å²) in [7, 11) is 2.62. The molecule has 0 aliphatic heterocycles. The first-order valence-corrected chi connectivity index (χ1v) is 6.00. The van der Waals surface area contributed by atoms with Crippen LogP contribution in [0.2, 0.25) is 10.1 Å². The van der Waals surface area contributed by atoms with Crippen LogP contribution in [0.4, 0.5) is 0 Å². The predicted octanol–water partition coefficient (Wildman–Crippen LogP) is 0.316. The van der Waals surface area contributed by atoms with Crippen LogP contribution in [0.5, 0.6) is 0 Å². The highest BCUT2D eigenvalue weighted by Gasteiger charge is 1.96. The molecule has 0 fully saturated rings. The lowest BCUT2D eigenvalue weighted by Gasteiger charge is -2.05. The molecule has 0 heterocycles. The average Bonchev–Trinajstić information content (AvgIpc) is 1.12. The molecule has 2 N–H and O–H groups in total. The highest BCUT2D eigenvalue weighted by molar-refractivity contribution is 6.14. The second-order valence-corrected chi connectivity index (χ2v) is 12.0. The van der Waals surface area contributed by atoms with Crippen molar-refractivity contribution in [3.05, 3.63) is 0 Å². The Morgan fingerprint density at radius 2 is 0.636 bits per heavy atom. The van der Waals surface area contributed by atoms with Gasteiger partial charge in [0.2, 0.25) is 0 Å². The fourth-order valence-corrected chi connectivity index (χ4v) is 0. The SMILES string of the molecule is CC(C)(C)[SiH3].CC(C)(C)[SiH3].O. The van der Waals surface area contributed by atoms with Crippen molar-refractivity contribution in [3.63, 3.8) is 0 Å². The summed E-state index contributed by atoms with van der Waals surface area (Å²) in [5, 5.41) is 1.28. The van der Waals surface area contributed by atoms with E-state index in [0.29, 0.717) is 10.1 Å². The zero-order valence-corrected chi connectivity index (χ0v) is 13.5. The summed E-state index contributed by atoms with van der Waals surface area (Å²) in [6.07, 6.45) is 0. The molecule has 0 radical (unpaired) electrons. The topological polar surface area (TPSA) is 31.5 Å². The second-order valence-electron chi connectivity index (χ2n) is 6.00. The van der Waals surface area contributed by atoms with Crippen LogP contribution in [0.1, 0.15) is 41.5 Å². The molecule has 0 aliphatic rings. The van der Waals surface area contributed by atoms with Crippen molar-refractivity contribution in [1.29, 1.82) is 0 Å². The lowest BCUT2D eigenvalue weighted by Crippen LogP contribution is -1.90. The number of rotatable bonds is 0. The highest BCUT2D eigenvalue weighted by atomic mass is 28.1. The third-order valence-electron chi connectivity index (χ3n) is 0. The van der Waals surface area contributed by atoms with Gasteiger partial charge in [-0.25, -0.2) is 0 Å². The van der Waals surface area contributed by atoms with Crippen molar-refractivity contribution in [2.45, 2.75) is 51.6 Å². The maximum Gasteiger partial charge on any atom is 0.00959 e. The monoisotopic (exact) mass is 194 g/mol. The van der Waals surface area contributed by atoms with Crippen LogP contribution >= 0.6 is 0 Å². The molecule has 1 nitrogen and oxygen atoms in total. The van der Waals surface area contributed by atoms with Crippen molar-refractivity contribution in [2.75, 3.05) is 0 Å². The molecule has 3 heteroatoms. The van der Waals surface area contributed by atoms with E-state index < -0.39 is 0 Å². The Bertz CT molecular complexity index is 55.1. The Morgan fingerprint density at radius 1 is 0.636 bits per heavy atom. The van der Waals surface area contributed by atoms with E-state index in [1.54, 1.807) is 0 Å². The minimum atomic E-state index is 0. The maximum absolute atomic E-state index is 2.25. The molecular formula is C8H26OSi2. The summed E-state index contributed by atoms with van der Waals surface area (Å²) in [5.74, 6) is 0. The molecule has 0 spiro atoms. The minimum Gasteiger partial charge on any atom is -0.412 e. The molecule has 0 unspecified atom stereocenters. The first-order valence-electron chi connectivity index (χ1n) is 4.00. The van der Waals surface area contributed by atoms with E-state index in [1.165, 1.54) is 20.5 Å². The smallest absolute Gasteiger partial charge is 0.00959 e. The van der Waals surface area contributed by atoms with Crippen LogP contribution in [-0.4, -0.2) is 26.0 Å². The van der Waals surface area contributed by atoms with E-state index in [2.05, 4.69) is 41.5 Å². The summed E-state index contributed by atoms with van der Waals surface area (Å²) >= 11 is 0. The van der Waals surface area contributed by atoms with Gasteiger partial charge in [-0.3, -0.25) is 0 Å². The predicted molar refractivity (Wildman–Crippen MR) is 62.9 cm³/mol. The molecule has 0 rings (SSSR count). The quantitative estimate of drug-likeness (QED) is 0.498. The van der Waals surface area contributed by atoms with E-state index >= 15 is 0 Å². The first kappa shape index (κ1) is 17.5. The van der Waals surface area contributed by atoms with Crippen LogP contribution in [-0.2, 0) is 0 Å². The fourth-order valence-electron chi connectivity index (χ4n) is 0. The Kier molecular flexibility index (Phi) is 9.48. The molecule has 0 aromatic rings. The standard InChI is InChI=1S/2C4H12Si.H2O/c2*1-4(2,3)5;/h2*1-3,5H3;1H2. The van der Waals surface area contributed by atoms with Crippen molar-refractivity contribution >= 4 is 20.5 Å². The summed E-state index contributed by atoms with van der Waals surface area (Å²) in [6.45, 7) is 13.5. The van der Waals surface area contributed by atoms with Gasteiger partial charge in [0.15, 0.2) is 0 Å². The number of hydrogen-bond acceptors (Lipinski definition) is 0. The van der Waals surface area contributed by atoms with Gasteiger partial charge in [0.05, 0.1) is 0 Å². The molecule has 72 valence electrons. The normalized spacial score (nSPS) is 11.5. The van der Waals surface area contributed by atoms with Gasteiger partial charge in [-0.1, -0.05) is 51.6 Å². The molecule has 0 aromatic heterocycles. The van der Waals surface area contributed by atoms with Gasteiger partial charge in [0.25, 0.3) is 0 Å². The van der Waals surface area contributed by atoms with Gasteiger partial charge >= 0.3 is 0 Å². The van der Waals surface area contributed by atoms with E-state index in [9.17, 15) is 0 Å². The van der Waals surface area contributed by atoms with Crippen molar-refractivity contribution < 1.29 is 5.48 Å². The van der Waals surface area contributed by atoms with Gasteiger partial charge in [-0.2, -0.15) is 0 Å². The zero-order valence-electron chi connectivity index (χ0n) is 9.50. The maximum atomic E-state index is 2.25. The van der Waals surface area contributed by atoms with Crippen LogP contribution in [0.15, 0.2) is 0 Å². The van der Waals surface area contributed by atoms with Gasteiger partial charge in [-0.05, 0) is 0 Å². The summed E-state index contributed by atoms with van der Waals surface area (Å²) in [4.78, 5) is 0. The van der Waals surface area contributed by atoms with Gasteiger partial charge in [-0.15, -0.1) is 0 Å². The Hall–Kier alpha value is 0.394. The van der Waals surface area contributed by atoms with E-state index in [4.69, 9.17) is 0 Å². The molecular weight excluding hydrogens is 168 g/mol. The molecule has 11 heavy (non-hydrogen) atoms. The van der Waals surface area contributed by atoms with Crippen LogP contribution in [0, 0.1) is 0 Å². The third-order valence-corrected chi connectivity index (χ3v) is 0. The van der Waals surface area contributed by atoms with Crippen LogP contribution < -0.4 is 0 Å². The average molecular weight is 194 g/mol. The summed E-state index contributed by atoms with van der Waals surface area (Å²) < 4.78 is 0. The van der Waals surface area contributed by atoms with Gasteiger partial charge < -0.3 is 5.48 Å². The lowest BCUT2D eigenvalue weighted by molar-refractivity contribution is 0.767. The molecule has 0 amide bonds. The Morgan fingerprint density at radius 3 is 0.636 bits per heavy atom. The van der Waals surface area contributed by atoms with Crippen LogP contribution in [0.3, 0.4) is 0 Å². The molecule has 0 aliphatic carbocycles. The second kappa shape index (κ2) is 5.97. The Labute approximate surface area is 78.1 Å². The summed E-state index contributed by atoms with van der Waals surface area (Å²) in [5.41, 5.74) is 0. The highest BCUT2D eigenvalue weighted by Crippen LogP contribution is 2.13. The molecule has 0 saturated carbocycles. The van der Waals surface area contributed by atoms with Crippen molar-refractivity contribution in [2.24, 2.45) is 0 Å². The summed E-state index contributed by atoms with van der Waals surface area (Å²) in [6, 6.07) is 0. The molecule has 0 aromatic carbocycles. The minimum absolute atomic E-state index is 0. The first-order chi connectivity index (χ1) is 4.00. The molecule has 0 bridgehead atoms. The largest absolute Gasteiger partial charge is 0.412 e. The lowest BCUT2D eigenvalue weighted by atomic mass is 10.3.